The summed E-state index contributed by atoms with van der Waals surface area (Å²) >= 11 is 0. The number of aromatic nitrogens is 1. The quantitative estimate of drug-likeness (QED) is 0.905. The van der Waals surface area contributed by atoms with Crippen LogP contribution in [0.2, 0.25) is 0 Å². The summed E-state index contributed by atoms with van der Waals surface area (Å²) in [6.07, 6.45) is 0. The maximum absolute atomic E-state index is 5.84. The molecule has 0 aliphatic rings. The first kappa shape index (κ1) is 15.5. The molecule has 1 N–H and O–H groups in total. The highest BCUT2D eigenvalue weighted by atomic mass is 16.5. The summed E-state index contributed by atoms with van der Waals surface area (Å²) in [5.74, 6) is 0.914. The van der Waals surface area contributed by atoms with E-state index in [1.54, 1.807) is 0 Å². The van der Waals surface area contributed by atoms with Gasteiger partial charge in [0, 0.05) is 12.1 Å². The zero-order chi connectivity index (χ0) is 15.3. The number of hydrogen-bond acceptors (Lipinski definition) is 3. The fraction of sp³-hybridized carbons (Fsp3) is 0.389. The zero-order valence-corrected chi connectivity index (χ0v) is 13.3. The highest BCUT2D eigenvalue weighted by molar-refractivity contribution is 5.31. The summed E-state index contributed by atoms with van der Waals surface area (Å²) in [7, 11) is 0. The molecule has 1 heterocycles. The third-order valence-corrected chi connectivity index (χ3v) is 3.13. The Morgan fingerprint density at radius 2 is 1.71 bits per heavy atom. The van der Waals surface area contributed by atoms with E-state index in [4.69, 9.17) is 4.74 Å². The Bertz CT molecular complexity index is 588. The van der Waals surface area contributed by atoms with Crippen molar-refractivity contribution in [2.45, 2.75) is 46.4 Å². The normalized spacial score (nSPS) is 11.4. The number of aryl methyl sites for hydroxylation is 1. The summed E-state index contributed by atoms with van der Waals surface area (Å²) in [5.41, 5.74) is 3.22. The first-order chi connectivity index (χ1) is 9.94. The van der Waals surface area contributed by atoms with Crippen molar-refractivity contribution in [1.82, 2.24) is 10.3 Å². The largest absolute Gasteiger partial charge is 0.487 e. The maximum Gasteiger partial charge on any atom is 0.130 e. The van der Waals surface area contributed by atoms with Crippen LogP contribution in [0.4, 0.5) is 0 Å². The molecule has 2 aromatic rings. The number of rotatable bonds is 5. The van der Waals surface area contributed by atoms with E-state index in [-0.39, 0.29) is 5.54 Å². The van der Waals surface area contributed by atoms with Crippen LogP contribution >= 0.6 is 0 Å². The Hall–Kier alpha value is -1.87. The Morgan fingerprint density at radius 1 is 1.00 bits per heavy atom. The SMILES string of the molecule is Cc1ccccc1OCc1cccc(CNC(C)(C)C)n1. The van der Waals surface area contributed by atoms with E-state index in [0.717, 1.165) is 29.2 Å². The van der Waals surface area contributed by atoms with Crippen molar-refractivity contribution < 1.29 is 4.74 Å². The standard InChI is InChI=1S/C18H24N2O/c1-14-8-5-6-11-17(14)21-13-16-10-7-9-15(20-16)12-19-18(2,3)4/h5-11,19H,12-13H2,1-4H3. The highest BCUT2D eigenvalue weighted by Crippen LogP contribution is 2.17. The molecule has 112 valence electrons. The van der Waals surface area contributed by atoms with Gasteiger partial charge in [0.05, 0.1) is 11.4 Å². The van der Waals surface area contributed by atoms with Gasteiger partial charge in [-0.2, -0.15) is 0 Å². The number of pyridine rings is 1. The summed E-state index contributed by atoms with van der Waals surface area (Å²) in [4.78, 5) is 4.63. The van der Waals surface area contributed by atoms with E-state index < -0.39 is 0 Å². The average molecular weight is 284 g/mol. The fourth-order valence-corrected chi connectivity index (χ4v) is 1.93. The number of hydrogen-bond donors (Lipinski definition) is 1. The molecule has 0 fully saturated rings. The lowest BCUT2D eigenvalue weighted by molar-refractivity contribution is 0.298. The first-order valence-electron chi connectivity index (χ1n) is 7.32. The van der Waals surface area contributed by atoms with Gasteiger partial charge in [0.25, 0.3) is 0 Å². The molecule has 0 aliphatic heterocycles. The zero-order valence-electron chi connectivity index (χ0n) is 13.3. The average Bonchev–Trinajstić information content (AvgIpc) is 2.44. The molecule has 0 unspecified atom stereocenters. The van der Waals surface area contributed by atoms with Gasteiger partial charge in [0.2, 0.25) is 0 Å². The van der Waals surface area contributed by atoms with Gasteiger partial charge in [-0.3, -0.25) is 4.98 Å². The third-order valence-electron chi connectivity index (χ3n) is 3.13. The second kappa shape index (κ2) is 6.72. The molecule has 1 aromatic heterocycles. The van der Waals surface area contributed by atoms with E-state index in [9.17, 15) is 0 Å². The minimum absolute atomic E-state index is 0.0926. The molecule has 0 saturated carbocycles. The van der Waals surface area contributed by atoms with E-state index in [1.807, 2.05) is 49.4 Å². The van der Waals surface area contributed by atoms with Crippen molar-refractivity contribution in [1.29, 1.82) is 0 Å². The molecule has 0 spiro atoms. The van der Waals surface area contributed by atoms with Crippen molar-refractivity contribution in [2.75, 3.05) is 0 Å². The smallest absolute Gasteiger partial charge is 0.130 e. The van der Waals surface area contributed by atoms with Crippen LogP contribution < -0.4 is 10.1 Å². The van der Waals surface area contributed by atoms with Gasteiger partial charge >= 0.3 is 0 Å². The van der Waals surface area contributed by atoms with Gasteiger partial charge in [-0.25, -0.2) is 0 Å². The van der Waals surface area contributed by atoms with E-state index >= 15 is 0 Å². The highest BCUT2D eigenvalue weighted by Gasteiger charge is 2.09. The molecule has 2 rings (SSSR count). The molecule has 0 aliphatic carbocycles. The van der Waals surface area contributed by atoms with Crippen molar-refractivity contribution in [3.63, 3.8) is 0 Å². The molecule has 0 saturated heterocycles. The lowest BCUT2D eigenvalue weighted by Crippen LogP contribution is -2.35. The van der Waals surface area contributed by atoms with Gasteiger partial charge in [0.15, 0.2) is 0 Å². The summed E-state index contributed by atoms with van der Waals surface area (Å²) in [5, 5.41) is 3.44. The van der Waals surface area contributed by atoms with Gasteiger partial charge in [-0.1, -0.05) is 24.3 Å². The Labute approximate surface area is 127 Å². The van der Waals surface area contributed by atoms with Crippen LogP contribution in [0.3, 0.4) is 0 Å². The summed E-state index contributed by atoms with van der Waals surface area (Å²) in [6, 6.07) is 14.1. The maximum atomic E-state index is 5.84. The van der Waals surface area contributed by atoms with Crippen LogP contribution in [0, 0.1) is 6.92 Å². The van der Waals surface area contributed by atoms with Crippen LogP contribution in [-0.2, 0) is 13.2 Å². The summed E-state index contributed by atoms with van der Waals surface area (Å²) in [6.45, 7) is 9.76. The molecular formula is C18H24N2O. The number of benzene rings is 1. The van der Waals surface area contributed by atoms with Crippen LogP contribution in [0.15, 0.2) is 42.5 Å². The second-order valence-electron chi connectivity index (χ2n) is 6.28. The number of nitrogens with one attached hydrogen (secondary N) is 1. The molecule has 0 amide bonds. The molecule has 3 nitrogen and oxygen atoms in total. The Balaban J connectivity index is 1.96. The van der Waals surface area contributed by atoms with Gasteiger partial charge in [0.1, 0.15) is 12.4 Å². The van der Waals surface area contributed by atoms with Gasteiger partial charge in [-0.05, 0) is 51.5 Å². The van der Waals surface area contributed by atoms with Crippen LogP contribution in [0.5, 0.6) is 5.75 Å². The molecule has 0 atom stereocenters. The van der Waals surface area contributed by atoms with Gasteiger partial charge in [-0.15, -0.1) is 0 Å². The van der Waals surface area contributed by atoms with E-state index in [0.29, 0.717) is 6.61 Å². The second-order valence-corrected chi connectivity index (χ2v) is 6.28. The number of ether oxygens (including phenoxy) is 1. The van der Waals surface area contributed by atoms with Crippen molar-refractivity contribution in [3.8, 4) is 5.75 Å². The van der Waals surface area contributed by atoms with Crippen LogP contribution in [-0.4, -0.2) is 10.5 Å². The number of nitrogens with zero attached hydrogens (tertiary/aromatic N) is 1. The first-order valence-corrected chi connectivity index (χ1v) is 7.32. The molecule has 1 aromatic carbocycles. The third kappa shape index (κ3) is 5.20. The molecular weight excluding hydrogens is 260 g/mol. The molecule has 0 bridgehead atoms. The minimum Gasteiger partial charge on any atom is -0.487 e. The predicted molar refractivity (Wildman–Crippen MR) is 86.3 cm³/mol. The van der Waals surface area contributed by atoms with Crippen molar-refractivity contribution in [2.24, 2.45) is 0 Å². The lowest BCUT2D eigenvalue weighted by atomic mass is 10.1. The topological polar surface area (TPSA) is 34.1 Å². The molecule has 0 radical (unpaired) electrons. The molecule has 21 heavy (non-hydrogen) atoms. The molecule has 3 heteroatoms. The van der Waals surface area contributed by atoms with Crippen LogP contribution in [0.1, 0.15) is 37.7 Å². The Kier molecular flexibility index (Phi) is 4.97. The predicted octanol–water partition coefficient (Wildman–Crippen LogP) is 3.86. The van der Waals surface area contributed by atoms with Crippen molar-refractivity contribution in [3.05, 3.63) is 59.4 Å². The van der Waals surface area contributed by atoms with Gasteiger partial charge < -0.3 is 10.1 Å². The van der Waals surface area contributed by atoms with Crippen molar-refractivity contribution >= 4 is 0 Å². The fourth-order valence-electron chi connectivity index (χ4n) is 1.93. The Morgan fingerprint density at radius 3 is 2.43 bits per heavy atom. The number of para-hydroxylation sites is 1. The summed E-state index contributed by atoms with van der Waals surface area (Å²) < 4.78 is 5.84. The lowest BCUT2D eigenvalue weighted by Gasteiger charge is -2.20. The minimum atomic E-state index is 0.0926. The van der Waals surface area contributed by atoms with Crippen LogP contribution in [0.25, 0.3) is 0 Å². The van der Waals surface area contributed by atoms with E-state index in [2.05, 4.69) is 31.1 Å². The van der Waals surface area contributed by atoms with E-state index in [1.165, 1.54) is 0 Å². The monoisotopic (exact) mass is 284 g/mol.